The zero-order valence-electron chi connectivity index (χ0n) is 23.8. The van der Waals surface area contributed by atoms with E-state index in [0.29, 0.717) is 12.0 Å². The normalized spacial score (nSPS) is 17.7. The van der Waals surface area contributed by atoms with Gasteiger partial charge in [0.25, 0.3) is 0 Å². The summed E-state index contributed by atoms with van der Waals surface area (Å²) < 4.78 is 0. The van der Waals surface area contributed by atoms with E-state index in [4.69, 9.17) is 0 Å². The van der Waals surface area contributed by atoms with Gasteiger partial charge in [0.2, 0.25) is 5.91 Å². The highest BCUT2D eigenvalue weighted by Gasteiger charge is 2.34. The lowest BCUT2D eigenvalue weighted by molar-refractivity contribution is -0.145. The molecule has 0 saturated heterocycles. The number of nitrogens with one attached hydrogen (secondary N) is 1. The molecule has 0 heterocycles. The van der Waals surface area contributed by atoms with Crippen LogP contribution in [0.15, 0.2) is 53.1 Å². The average Bonchev–Trinajstić information content (AvgIpc) is 3.06. The third-order valence-electron chi connectivity index (χ3n) is 8.35. The maximum Gasteiger partial charge on any atom is 0.328 e. The minimum absolute atomic E-state index is 0.248. The number of benzene rings is 1. The minimum Gasteiger partial charge on any atom is -0.480 e. The number of carbonyl (C=O) groups excluding carboxylic acids is 1. The van der Waals surface area contributed by atoms with Crippen molar-refractivity contribution in [3.05, 3.63) is 69.8 Å². The number of aryl methyl sites for hydroxylation is 1. The molecule has 0 atom stereocenters. The fraction of sp³-hybridized carbons (Fsp3) is 0.515. The van der Waals surface area contributed by atoms with E-state index in [1.54, 1.807) is 0 Å². The van der Waals surface area contributed by atoms with E-state index in [0.717, 1.165) is 60.8 Å². The predicted molar refractivity (Wildman–Crippen MR) is 153 cm³/mol. The molecule has 0 radical (unpaired) electrons. The fourth-order valence-electron chi connectivity index (χ4n) is 5.60. The van der Waals surface area contributed by atoms with Crippen LogP contribution < -0.4 is 5.32 Å². The molecule has 2 aliphatic rings. The van der Waals surface area contributed by atoms with Crippen molar-refractivity contribution in [2.75, 3.05) is 0 Å². The highest BCUT2D eigenvalue weighted by atomic mass is 16.4. The van der Waals surface area contributed by atoms with Gasteiger partial charge in [0.15, 0.2) is 0 Å². The summed E-state index contributed by atoms with van der Waals surface area (Å²) in [6, 6.07) is 6.43. The number of aliphatic carboxylic acids is 1. The molecule has 1 fully saturated rings. The summed E-state index contributed by atoms with van der Waals surface area (Å²) in [7, 11) is 0. The van der Waals surface area contributed by atoms with Crippen LogP contribution in [0.1, 0.15) is 103 Å². The number of carbonyl (C=O) groups is 2. The number of carboxylic acids is 1. The van der Waals surface area contributed by atoms with Crippen LogP contribution in [0, 0.1) is 18.8 Å². The molecule has 5 heteroatoms. The first-order valence-corrected chi connectivity index (χ1v) is 13.9. The number of hydrogen-bond donors (Lipinski definition) is 3. The highest BCUT2D eigenvalue weighted by Crippen LogP contribution is 2.42. The molecule has 0 aliphatic heterocycles. The first-order chi connectivity index (χ1) is 17.9. The molecule has 2 aliphatic carbocycles. The van der Waals surface area contributed by atoms with Crippen molar-refractivity contribution >= 4 is 11.9 Å². The highest BCUT2D eigenvalue weighted by molar-refractivity contribution is 5.98. The SMILES string of the molecule is CCC(CC)(C1=CC(C)=C(C(=O)NC(C)(C)C(=O)O)CC=C1)c1ccc(C#CC2(O)CCCCC2)c(C)c1. The van der Waals surface area contributed by atoms with Gasteiger partial charge >= 0.3 is 5.97 Å². The lowest BCUT2D eigenvalue weighted by atomic mass is 9.69. The van der Waals surface area contributed by atoms with Gasteiger partial charge in [-0.15, -0.1) is 0 Å². The lowest BCUT2D eigenvalue weighted by Gasteiger charge is -2.35. The van der Waals surface area contributed by atoms with Crippen molar-refractivity contribution in [2.45, 2.75) is 109 Å². The number of rotatable bonds is 7. The molecule has 1 amide bonds. The van der Waals surface area contributed by atoms with Crippen molar-refractivity contribution in [1.29, 1.82) is 0 Å². The number of aliphatic hydroxyl groups is 1. The van der Waals surface area contributed by atoms with E-state index in [9.17, 15) is 19.8 Å². The van der Waals surface area contributed by atoms with Crippen LogP contribution in [-0.4, -0.2) is 33.2 Å². The van der Waals surface area contributed by atoms with Gasteiger partial charge < -0.3 is 15.5 Å². The van der Waals surface area contributed by atoms with Crippen LogP contribution in [0.5, 0.6) is 0 Å². The van der Waals surface area contributed by atoms with Crippen molar-refractivity contribution in [3.8, 4) is 11.8 Å². The van der Waals surface area contributed by atoms with Crippen molar-refractivity contribution < 1.29 is 19.8 Å². The Bertz CT molecular complexity index is 1230. The Kier molecular flexibility index (Phi) is 9.10. The van der Waals surface area contributed by atoms with Gasteiger partial charge in [-0.25, -0.2) is 4.79 Å². The molecule has 3 N–H and O–H groups in total. The van der Waals surface area contributed by atoms with Crippen LogP contribution in [0.4, 0.5) is 0 Å². The molecule has 1 aromatic rings. The number of amides is 1. The lowest BCUT2D eigenvalue weighted by Crippen LogP contribution is -2.50. The first kappa shape index (κ1) is 29.5. The van der Waals surface area contributed by atoms with Crippen LogP contribution in [0.3, 0.4) is 0 Å². The zero-order chi connectivity index (χ0) is 28.1. The van der Waals surface area contributed by atoms with Crippen LogP contribution >= 0.6 is 0 Å². The molecule has 1 saturated carbocycles. The standard InChI is InChI=1S/C33H43NO4/c1-7-33(8-2,26-13-12-14-28(24(4)22-26)29(35)34-31(5,6)30(36)37)27-16-15-25(23(3)21-27)17-20-32(38)18-10-9-11-19-32/h12-13,15-16,21-22,38H,7-11,14,18-19H2,1-6H3,(H,34,35)(H,36,37). The second-order valence-corrected chi connectivity index (χ2v) is 11.4. The second-order valence-electron chi connectivity index (χ2n) is 11.4. The molecule has 0 unspecified atom stereocenters. The van der Waals surface area contributed by atoms with Crippen LogP contribution in [0.2, 0.25) is 0 Å². The molecule has 38 heavy (non-hydrogen) atoms. The Hall–Kier alpha value is -3.10. The first-order valence-electron chi connectivity index (χ1n) is 13.9. The number of hydrogen-bond acceptors (Lipinski definition) is 3. The third kappa shape index (κ3) is 6.30. The largest absolute Gasteiger partial charge is 0.480 e. The summed E-state index contributed by atoms with van der Waals surface area (Å²) in [6.45, 7) is 11.3. The third-order valence-corrected chi connectivity index (χ3v) is 8.35. The van der Waals surface area contributed by atoms with Crippen molar-refractivity contribution in [3.63, 3.8) is 0 Å². The smallest absolute Gasteiger partial charge is 0.328 e. The van der Waals surface area contributed by atoms with E-state index in [1.807, 2.05) is 13.0 Å². The fourth-order valence-corrected chi connectivity index (χ4v) is 5.60. The maximum absolute atomic E-state index is 13.0. The predicted octanol–water partition coefficient (Wildman–Crippen LogP) is 6.28. The molecule has 0 bridgehead atoms. The van der Waals surface area contributed by atoms with E-state index in [1.165, 1.54) is 25.8 Å². The quantitative estimate of drug-likeness (QED) is 0.372. The minimum atomic E-state index is -1.35. The van der Waals surface area contributed by atoms with Gasteiger partial charge in [0.05, 0.1) is 0 Å². The Morgan fingerprint density at radius 1 is 1.08 bits per heavy atom. The number of allylic oxidation sites excluding steroid dienone is 5. The Balaban J connectivity index is 1.97. The van der Waals surface area contributed by atoms with Crippen molar-refractivity contribution in [2.24, 2.45) is 0 Å². The topological polar surface area (TPSA) is 86.6 Å². The molecule has 0 aromatic heterocycles. The molecule has 3 rings (SSSR count). The average molecular weight is 518 g/mol. The molecule has 0 spiro atoms. The van der Waals surface area contributed by atoms with E-state index in [2.05, 4.69) is 68.3 Å². The monoisotopic (exact) mass is 517 g/mol. The molecular weight excluding hydrogens is 474 g/mol. The molecular formula is C33H43NO4. The van der Waals surface area contributed by atoms with Gasteiger partial charge in [-0.1, -0.05) is 62.5 Å². The Morgan fingerprint density at radius 2 is 1.74 bits per heavy atom. The summed E-state index contributed by atoms with van der Waals surface area (Å²) in [4.78, 5) is 24.5. The van der Waals surface area contributed by atoms with Crippen LogP contribution in [0.25, 0.3) is 0 Å². The molecule has 204 valence electrons. The number of carboxylic acid groups (broad SMARTS) is 1. The van der Waals surface area contributed by atoms with Gasteiger partial charge in [0.1, 0.15) is 11.1 Å². The summed E-state index contributed by atoms with van der Waals surface area (Å²) in [6.07, 6.45) is 13.1. The second kappa shape index (κ2) is 11.7. The molecule has 1 aromatic carbocycles. The van der Waals surface area contributed by atoms with Gasteiger partial charge in [0, 0.05) is 16.6 Å². The summed E-state index contributed by atoms with van der Waals surface area (Å²) in [5, 5.41) is 22.9. The van der Waals surface area contributed by atoms with Gasteiger partial charge in [-0.05, 0) is 101 Å². The Labute approximate surface area is 228 Å². The zero-order valence-corrected chi connectivity index (χ0v) is 23.8. The van der Waals surface area contributed by atoms with E-state index < -0.39 is 17.1 Å². The van der Waals surface area contributed by atoms with E-state index in [-0.39, 0.29) is 11.3 Å². The summed E-state index contributed by atoms with van der Waals surface area (Å²) in [5.41, 5.74) is 3.31. The van der Waals surface area contributed by atoms with Gasteiger partial charge in [-0.2, -0.15) is 0 Å². The summed E-state index contributed by atoms with van der Waals surface area (Å²) >= 11 is 0. The van der Waals surface area contributed by atoms with E-state index >= 15 is 0 Å². The Morgan fingerprint density at radius 3 is 2.32 bits per heavy atom. The molecule has 5 nitrogen and oxygen atoms in total. The van der Waals surface area contributed by atoms with Gasteiger partial charge in [-0.3, -0.25) is 4.79 Å². The van der Waals surface area contributed by atoms with Crippen molar-refractivity contribution in [1.82, 2.24) is 5.32 Å². The van der Waals surface area contributed by atoms with Crippen LogP contribution in [-0.2, 0) is 15.0 Å². The summed E-state index contributed by atoms with van der Waals surface area (Å²) in [5.74, 6) is 4.99. The maximum atomic E-state index is 13.0.